The van der Waals surface area contributed by atoms with Gasteiger partial charge in [0.05, 0.1) is 24.9 Å². The topological polar surface area (TPSA) is 12.9 Å². The minimum absolute atomic E-state index is 0.0254. The van der Waals surface area contributed by atoms with Crippen molar-refractivity contribution in [2.24, 2.45) is 0 Å². The van der Waals surface area contributed by atoms with Crippen LogP contribution < -0.4 is 0 Å². The van der Waals surface area contributed by atoms with Gasteiger partial charge in [0.25, 0.3) is 0 Å². The van der Waals surface area contributed by atoms with Crippen LogP contribution in [0.5, 0.6) is 0 Å². The van der Waals surface area contributed by atoms with Crippen LogP contribution in [0.3, 0.4) is 0 Å². The highest BCUT2D eigenvalue weighted by molar-refractivity contribution is 14.1. The number of hydrogen-bond donors (Lipinski definition) is 0. The number of nitrogens with zero attached hydrogens (tertiary/aromatic N) is 1. The van der Waals surface area contributed by atoms with Gasteiger partial charge in [0.15, 0.2) is 0 Å². The molecular formula is C12H5Cl2F3IN. The molecule has 0 aliphatic heterocycles. The van der Waals surface area contributed by atoms with Gasteiger partial charge in [-0.25, -0.2) is 0 Å². The quantitative estimate of drug-likeness (QED) is 0.544. The highest BCUT2D eigenvalue weighted by Crippen LogP contribution is 2.40. The van der Waals surface area contributed by atoms with Crippen molar-refractivity contribution in [3.8, 4) is 11.3 Å². The third kappa shape index (κ3) is 2.98. The predicted octanol–water partition coefficient (Wildman–Crippen LogP) is 5.68. The first-order valence-corrected chi connectivity index (χ1v) is 6.82. The average molecular weight is 418 g/mol. The van der Waals surface area contributed by atoms with Gasteiger partial charge in [0.2, 0.25) is 0 Å². The first-order valence-electron chi connectivity index (χ1n) is 4.98. The van der Waals surface area contributed by atoms with Gasteiger partial charge >= 0.3 is 6.18 Å². The number of aromatic nitrogens is 1. The maximum atomic E-state index is 12.8. The predicted molar refractivity (Wildman–Crippen MR) is 77.4 cm³/mol. The molecule has 2 aromatic rings. The lowest BCUT2D eigenvalue weighted by Gasteiger charge is -2.13. The molecule has 0 aliphatic rings. The molecule has 0 aliphatic carbocycles. The average Bonchev–Trinajstić information content (AvgIpc) is 2.29. The van der Waals surface area contributed by atoms with Crippen molar-refractivity contribution in [3.05, 3.63) is 49.6 Å². The van der Waals surface area contributed by atoms with Gasteiger partial charge < -0.3 is 0 Å². The molecule has 0 saturated heterocycles. The molecule has 0 unspecified atom stereocenters. The number of hydrogen-bond acceptors (Lipinski definition) is 1. The Bertz CT molecular complexity index is 609. The van der Waals surface area contributed by atoms with E-state index >= 15 is 0 Å². The second-order valence-electron chi connectivity index (χ2n) is 3.62. The second kappa shape index (κ2) is 5.46. The van der Waals surface area contributed by atoms with E-state index in [1.165, 1.54) is 0 Å². The van der Waals surface area contributed by atoms with E-state index in [2.05, 4.69) is 4.98 Å². The van der Waals surface area contributed by atoms with Crippen LogP contribution in [0.1, 0.15) is 5.56 Å². The summed E-state index contributed by atoms with van der Waals surface area (Å²) in [6, 6.07) is 5.66. The molecule has 100 valence electrons. The highest BCUT2D eigenvalue weighted by atomic mass is 127. The largest absolute Gasteiger partial charge is 0.417 e. The Morgan fingerprint density at radius 2 is 1.63 bits per heavy atom. The van der Waals surface area contributed by atoms with Crippen LogP contribution in [-0.4, -0.2) is 4.98 Å². The van der Waals surface area contributed by atoms with Gasteiger partial charge in [-0.05, 0) is 40.8 Å². The van der Waals surface area contributed by atoms with E-state index in [4.69, 9.17) is 23.2 Å². The van der Waals surface area contributed by atoms with Crippen LogP contribution in [0.4, 0.5) is 13.2 Å². The summed E-state index contributed by atoms with van der Waals surface area (Å²) in [5, 5.41) is 0.523. The van der Waals surface area contributed by atoms with Crippen LogP contribution in [0.2, 0.25) is 10.0 Å². The minimum Gasteiger partial charge on any atom is -0.255 e. The molecule has 1 heterocycles. The van der Waals surface area contributed by atoms with E-state index in [1.807, 2.05) is 0 Å². The van der Waals surface area contributed by atoms with Crippen molar-refractivity contribution in [1.82, 2.24) is 4.98 Å². The van der Waals surface area contributed by atoms with E-state index in [-0.39, 0.29) is 19.3 Å². The SMILES string of the molecule is FC(F)(F)c1ccnc(-c2c(Cl)cccc2Cl)c1I. The van der Waals surface area contributed by atoms with Gasteiger partial charge in [-0.15, -0.1) is 0 Å². The van der Waals surface area contributed by atoms with E-state index in [9.17, 15) is 13.2 Å². The number of rotatable bonds is 1. The van der Waals surface area contributed by atoms with Gasteiger partial charge in [-0.2, -0.15) is 13.2 Å². The number of alkyl halides is 3. The zero-order chi connectivity index (χ0) is 14.2. The fourth-order valence-electron chi connectivity index (χ4n) is 1.56. The highest BCUT2D eigenvalue weighted by Gasteiger charge is 2.34. The first-order chi connectivity index (χ1) is 8.82. The van der Waals surface area contributed by atoms with Gasteiger partial charge in [0.1, 0.15) is 0 Å². The summed E-state index contributed by atoms with van der Waals surface area (Å²) in [6.07, 6.45) is -3.35. The van der Waals surface area contributed by atoms with Crippen LogP contribution in [0.15, 0.2) is 30.5 Å². The molecule has 2 rings (SSSR count). The third-order valence-corrected chi connectivity index (χ3v) is 4.12. The molecule has 1 aromatic carbocycles. The lowest BCUT2D eigenvalue weighted by atomic mass is 10.1. The first kappa shape index (κ1) is 14.9. The Labute approximate surface area is 130 Å². The summed E-state index contributed by atoms with van der Waals surface area (Å²) in [4.78, 5) is 3.97. The van der Waals surface area contributed by atoms with E-state index < -0.39 is 11.7 Å². The molecule has 0 fully saturated rings. The maximum absolute atomic E-state index is 12.8. The monoisotopic (exact) mass is 417 g/mol. The standard InChI is InChI=1S/C12H5Cl2F3IN/c13-7-2-1-3-8(14)9(7)11-10(18)6(4-5-19-11)12(15,16)17/h1-5H. The summed E-state index contributed by atoms with van der Waals surface area (Å²) in [5.74, 6) is 0. The molecule has 7 heteroatoms. The van der Waals surface area contributed by atoms with Crippen LogP contribution in [0, 0.1) is 3.57 Å². The third-order valence-electron chi connectivity index (χ3n) is 2.39. The summed E-state index contributed by atoms with van der Waals surface area (Å²) >= 11 is 13.6. The van der Waals surface area contributed by atoms with Crippen LogP contribution in [0.25, 0.3) is 11.3 Å². The Hall–Kier alpha value is -0.530. The van der Waals surface area contributed by atoms with E-state index in [0.29, 0.717) is 5.56 Å². The second-order valence-corrected chi connectivity index (χ2v) is 5.51. The van der Waals surface area contributed by atoms with E-state index in [1.54, 1.807) is 40.8 Å². The van der Waals surface area contributed by atoms with Crippen molar-refractivity contribution in [2.45, 2.75) is 6.18 Å². The zero-order valence-corrected chi connectivity index (χ0v) is 12.8. The van der Waals surface area contributed by atoms with Gasteiger partial charge in [0, 0.05) is 11.8 Å². The zero-order valence-electron chi connectivity index (χ0n) is 9.10. The fourth-order valence-corrected chi connectivity index (χ4v) is 3.03. The molecule has 0 saturated carbocycles. The number of pyridine rings is 1. The van der Waals surface area contributed by atoms with Crippen molar-refractivity contribution >= 4 is 45.8 Å². The molecular weight excluding hydrogens is 413 g/mol. The Balaban J connectivity index is 2.71. The molecule has 0 atom stereocenters. The maximum Gasteiger partial charge on any atom is 0.417 e. The van der Waals surface area contributed by atoms with Crippen LogP contribution >= 0.6 is 45.8 Å². The summed E-state index contributed by atoms with van der Waals surface area (Å²) in [6.45, 7) is 0. The smallest absolute Gasteiger partial charge is 0.255 e. The summed E-state index contributed by atoms with van der Waals surface area (Å²) < 4.78 is 38.5. The van der Waals surface area contributed by atoms with Crippen molar-refractivity contribution < 1.29 is 13.2 Å². The number of halogens is 6. The minimum atomic E-state index is -4.44. The molecule has 0 spiro atoms. The molecule has 0 radical (unpaired) electrons. The van der Waals surface area contributed by atoms with E-state index in [0.717, 1.165) is 12.3 Å². The summed E-state index contributed by atoms with van der Waals surface area (Å²) in [7, 11) is 0. The molecule has 0 bridgehead atoms. The number of benzene rings is 1. The molecule has 19 heavy (non-hydrogen) atoms. The molecule has 0 amide bonds. The van der Waals surface area contributed by atoms with Crippen molar-refractivity contribution in [1.29, 1.82) is 0 Å². The Morgan fingerprint density at radius 3 is 2.16 bits per heavy atom. The Morgan fingerprint density at radius 1 is 1.05 bits per heavy atom. The van der Waals surface area contributed by atoms with Gasteiger partial charge in [-0.1, -0.05) is 29.3 Å². The fraction of sp³-hybridized carbons (Fsp3) is 0.0833. The molecule has 0 N–H and O–H groups in total. The van der Waals surface area contributed by atoms with Gasteiger partial charge in [-0.3, -0.25) is 4.98 Å². The lowest BCUT2D eigenvalue weighted by molar-refractivity contribution is -0.138. The normalized spacial score (nSPS) is 11.7. The lowest BCUT2D eigenvalue weighted by Crippen LogP contribution is -2.09. The summed E-state index contributed by atoms with van der Waals surface area (Å²) in [5.41, 5.74) is -0.318. The molecule has 1 aromatic heterocycles. The molecule has 1 nitrogen and oxygen atoms in total. The van der Waals surface area contributed by atoms with Crippen molar-refractivity contribution in [2.75, 3.05) is 0 Å². The Kier molecular flexibility index (Phi) is 4.27. The van der Waals surface area contributed by atoms with Crippen molar-refractivity contribution in [3.63, 3.8) is 0 Å². The van der Waals surface area contributed by atoms with Crippen LogP contribution in [-0.2, 0) is 6.18 Å².